The fraction of sp³-hybridized carbons (Fsp3) is 0.537. The minimum Gasteiger partial charge on any atom is -0.507 e. The Labute approximate surface area is 424 Å². The predicted octanol–water partition coefficient (Wildman–Crippen LogP) is 5.08. The number of aliphatic hydroxyl groups is 3. The average Bonchev–Trinajstić information content (AvgIpc) is 3.64. The summed E-state index contributed by atoms with van der Waals surface area (Å²) in [7, 11) is 1.32. The van der Waals surface area contributed by atoms with E-state index in [0.717, 1.165) is 25.3 Å². The first-order valence-corrected chi connectivity index (χ1v) is 24.2. The van der Waals surface area contributed by atoms with E-state index in [-0.39, 0.29) is 75.4 Å². The van der Waals surface area contributed by atoms with Crippen molar-refractivity contribution in [2.75, 3.05) is 26.9 Å². The van der Waals surface area contributed by atoms with Crippen molar-refractivity contribution in [1.29, 1.82) is 0 Å². The number of ether oxygens (including phenoxy) is 4. The molecule has 0 aromatic heterocycles. The van der Waals surface area contributed by atoms with Crippen LogP contribution in [0, 0.1) is 16.7 Å². The van der Waals surface area contributed by atoms with Crippen LogP contribution in [-0.2, 0) is 54.2 Å². The van der Waals surface area contributed by atoms with Crippen molar-refractivity contribution in [2.45, 2.75) is 144 Å². The van der Waals surface area contributed by atoms with Crippen LogP contribution < -0.4 is 4.74 Å². The number of hydrogen-bond donors (Lipinski definition) is 5. The van der Waals surface area contributed by atoms with Gasteiger partial charge in [0.1, 0.15) is 41.0 Å². The molecule has 19 nitrogen and oxygen atoms in total. The van der Waals surface area contributed by atoms with Gasteiger partial charge >= 0.3 is 5.97 Å². The number of rotatable bonds is 16. The standard InChI is InChI=1S/C30H32O12.C14H21NO3.C10H16O3/c1-12(32)7-14-8-20(41-13(2)25(14)34)42-18-10-30(39,19(33)11-31)9-16-22(18)29(38)24-23(27(16)36)26(35)15-5-4-6-17(40-3)21(15)28(24)37;1-14(2,3)11(16)7-5-4-6-10-15-12(17)8-9-13(15)18;1-5-13-9(12)7-6-8(11)10(2,3)4/h4-6,13-14,18,20,25,31,34,36,38-39H,7-11H2,1-3H3;8-9H,4-7,10H2,1-3H3;6-7H,5H2,1-4H3/b;;7-6+/t13-,14-,18-,20-,25+,30-;;/m0../s1. The third-order valence-corrected chi connectivity index (χ3v) is 12.8. The zero-order valence-electron chi connectivity index (χ0n) is 43.2. The number of phenolic OH excluding ortho intramolecular Hbond substituents is 2. The summed E-state index contributed by atoms with van der Waals surface area (Å²) in [4.78, 5) is 109. The molecular formula is C54H69NO18. The fourth-order valence-corrected chi connectivity index (χ4v) is 8.73. The third-order valence-electron chi connectivity index (χ3n) is 12.8. The number of fused-ring (bicyclic) bond motifs is 3. The van der Waals surface area contributed by atoms with Gasteiger partial charge in [0.25, 0.3) is 11.8 Å². The van der Waals surface area contributed by atoms with Crippen LogP contribution in [0.3, 0.4) is 0 Å². The summed E-state index contributed by atoms with van der Waals surface area (Å²) >= 11 is 0. The van der Waals surface area contributed by atoms with Gasteiger partial charge in [0.05, 0.1) is 48.7 Å². The number of ketones is 6. The van der Waals surface area contributed by atoms with E-state index in [4.69, 9.17) is 14.2 Å². The van der Waals surface area contributed by atoms with Gasteiger partial charge in [-0.15, -0.1) is 0 Å². The lowest BCUT2D eigenvalue weighted by Gasteiger charge is -2.42. The molecule has 0 saturated carbocycles. The molecule has 398 valence electrons. The number of aliphatic hydroxyl groups excluding tert-OH is 2. The molecule has 0 bridgehead atoms. The zero-order chi connectivity index (χ0) is 54.9. The number of unbranched alkanes of at least 4 members (excludes halogenated alkanes) is 2. The smallest absolute Gasteiger partial charge is 0.330 e. The molecule has 2 heterocycles. The lowest BCUT2D eigenvalue weighted by molar-refractivity contribution is -0.257. The molecular weight excluding hydrogens is 951 g/mol. The van der Waals surface area contributed by atoms with Gasteiger partial charge in [0.15, 0.2) is 23.6 Å². The molecule has 6 rings (SSSR count). The van der Waals surface area contributed by atoms with E-state index < -0.39 is 107 Å². The number of phenols is 2. The molecule has 2 aromatic rings. The molecule has 2 aliphatic carbocycles. The van der Waals surface area contributed by atoms with Crippen LogP contribution in [0.15, 0.2) is 42.5 Å². The lowest BCUT2D eigenvalue weighted by Crippen LogP contribution is -2.49. The normalized spacial score (nSPS) is 22.3. The van der Waals surface area contributed by atoms with Gasteiger partial charge in [-0.05, 0) is 51.7 Å². The van der Waals surface area contributed by atoms with E-state index in [1.54, 1.807) is 34.6 Å². The number of nitrogens with zero attached hydrogens (tertiary/aromatic N) is 1. The fourth-order valence-electron chi connectivity index (χ4n) is 8.73. The molecule has 5 N–H and O–H groups in total. The van der Waals surface area contributed by atoms with Crippen molar-refractivity contribution in [3.05, 3.63) is 75.9 Å². The number of methoxy groups -OCH3 is 1. The number of imide groups is 1. The number of amides is 2. The first kappa shape index (κ1) is 59.3. The minimum absolute atomic E-state index is 0.0420. The molecule has 0 radical (unpaired) electrons. The van der Waals surface area contributed by atoms with Gasteiger partial charge in [-0.1, -0.05) is 60.1 Å². The van der Waals surface area contributed by atoms with E-state index in [1.807, 2.05) is 20.8 Å². The molecule has 4 aliphatic rings. The zero-order valence-corrected chi connectivity index (χ0v) is 43.2. The Kier molecular flexibility index (Phi) is 20.0. The Hall–Kier alpha value is -6.25. The van der Waals surface area contributed by atoms with Crippen molar-refractivity contribution in [3.8, 4) is 17.2 Å². The summed E-state index contributed by atoms with van der Waals surface area (Å²) in [6.45, 7) is 15.6. The topological polar surface area (TPSA) is 295 Å². The maximum atomic E-state index is 13.7. The van der Waals surface area contributed by atoms with E-state index in [2.05, 4.69) is 4.74 Å². The molecule has 6 atom stereocenters. The minimum atomic E-state index is -2.27. The second-order valence-electron chi connectivity index (χ2n) is 20.5. The Balaban J connectivity index is 0.000000306. The number of Topliss-reactive ketones (excluding diaryl/α,β-unsaturated/α-hetero) is 3. The second kappa shape index (κ2) is 24.6. The van der Waals surface area contributed by atoms with Crippen LogP contribution in [0.1, 0.15) is 156 Å². The van der Waals surface area contributed by atoms with Crippen LogP contribution in [0.25, 0.3) is 0 Å². The van der Waals surface area contributed by atoms with Gasteiger partial charge in [-0.25, -0.2) is 4.79 Å². The van der Waals surface area contributed by atoms with Crippen molar-refractivity contribution in [1.82, 2.24) is 4.90 Å². The van der Waals surface area contributed by atoms with E-state index in [1.165, 1.54) is 55.4 Å². The van der Waals surface area contributed by atoms with E-state index in [9.17, 15) is 68.7 Å². The number of aromatic hydroxyl groups is 2. The second-order valence-corrected chi connectivity index (χ2v) is 20.5. The van der Waals surface area contributed by atoms with Crippen molar-refractivity contribution in [2.24, 2.45) is 16.7 Å². The van der Waals surface area contributed by atoms with Crippen LogP contribution in [0.5, 0.6) is 17.2 Å². The highest BCUT2D eigenvalue weighted by molar-refractivity contribution is 6.31. The maximum Gasteiger partial charge on any atom is 0.330 e. The Bertz CT molecular complexity index is 2530. The number of benzene rings is 2. The van der Waals surface area contributed by atoms with Crippen LogP contribution in [0.4, 0.5) is 0 Å². The molecule has 73 heavy (non-hydrogen) atoms. The highest BCUT2D eigenvalue weighted by atomic mass is 16.7. The molecule has 0 unspecified atom stereocenters. The van der Waals surface area contributed by atoms with Crippen LogP contribution >= 0.6 is 0 Å². The molecule has 2 amide bonds. The molecule has 2 aromatic carbocycles. The van der Waals surface area contributed by atoms with Gasteiger partial charge in [0.2, 0.25) is 5.78 Å². The van der Waals surface area contributed by atoms with Gasteiger partial charge < -0.3 is 49.3 Å². The Morgan fingerprint density at radius 2 is 1.51 bits per heavy atom. The third kappa shape index (κ3) is 14.3. The summed E-state index contributed by atoms with van der Waals surface area (Å²) in [5.74, 6) is -5.32. The van der Waals surface area contributed by atoms with Gasteiger partial charge in [-0.3, -0.25) is 38.5 Å². The first-order valence-electron chi connectivity index (χ1n) is 24.2. The highest BCUT2D eigenvalue weighted by Gasteiger charge is 2.50. The number of allylic oxidation sites excluding steroid dienone is 1. The Morgan fingerprint density at radius 3 is 2.07 bits per heavy atom. The van der Waals surface area contributed by atoms with Gasteiger partial charge in [0, 0.05) is 84.4 Å². The summed E-state index contributed by atoms with van der Waals surface area (Å²) in [5, 5.41) is 54.5. The molecule has 1 saturated heterocycles. The summed E-state index contributed by atoms with van der Waals surface area (Å²) in [5.41, 5.74) is -4.47. The maximum absolute atomic E-state index is 13.7. The van der Waals surface area contributed by atoms with Crippen molar-refractivity contribution < 1.29 is 87.6 Å². The molecule has 0 spiro atoms. The molecule has 2 aliphatic heterocycles. The molecule has 19 heteroatoms. The quantitative estimate of drug-likeness (QED) is 0.0411. The van der Waals surface area contributed by atoms with Crippen LogP contribution in [0.2, 0.25) is 0 Å². The highest BCUT2D eigenvalue weighted by Crippen LogP contribution is 2.53. The number of esters is 1. The van der Waals surface area contributed by atoms with Gasteiger partial charge in [-0.2, -0.15) is 0 Å². The monoisotopic (exact) mass is 1020 g/mol. The van der Waals surface area contributed by atoms with Crippen molar-refractivity contribution >= 4 is 52.5 Å². The predicted molar refractivity (Wildman–Crippen MR) is 262 cm³/mol. The average molecular weight is 1020 g/mol. The molecule has 1 fully saturated rings. The summed E-state index contributed by atoms with van der Waals surface area (Å²) in [6.07, 6.45) is 2.83. The van der Waals surface area contributed by atoms with Crippen LogP contribution in [-0.4, -0.2) is 134 Å². The number of carbonyl (C=O) groups excluding carboxylic acids is 9. The summed E-state index contributed by atoms with van der Waals surface area (Å²) in [6, 6.07) is 4.35. The number of hydrogen-bond acceptors (Lipinski definition) is 18. The lowest BCUT2D eigenvalue weighted by atomic mass is 9.72. The number of carbonyl (C=O) groups is 9. The largest absolute Gasteiger partial charge is 0.507 e. The van der Waals surface area contributed by atoms with E-state index >= 15 is 0 Å². The van der Waals surface area contributed by atoms with E-state index in [0.29, 0.717) is 19.6 Å². The first-order chi connectivity index (χ1) is 34.0. The SMILES string of the molecule is CC(C)(C)C(=O)CCCCCN1C(=O)C=CC1=O.CCOC(=O)/C=C/C(=O)C(C)(C)C.COc1cccc2c1C(=O)c1c(O)c3c(c(O)c1C2=O)C[C@@](O)(C(=O)CO)C[C@@H]3O[C@H]1C[C@H](CC(C)=O)[C@H](O)[C@H](C)O1. The Morgan fingerprint density at radius 1 is 0.877 bits per heavy atom. The van der Waals surface area contributed by atoms with Crippen molar-refractivity contribution in [3.63, 3.8) is 0 Å². The summed E-state index contributed by atoms with van der Waals surface area (Å²) < 4.78 is 21.9.